The summed E-state index contributed by atoms with van der Waals surface area (Å²) in [6, 6.07) is 5.41. The molecule has 0 spiro atoms. The Labute approximate surface area is 112 Å². The molecule has 0 aliphatic rings. The topological polar surface area (TPSA) is 29.1 Å². The number of carbonyl (C=O) groups is 1. The van der Waals surface area contributed by atoms with Gasteiger partial charge in [-0.2, -0.15) is 0 Å². The molecule has 1 aromatic rings. The third-order valence-electron chi connectivity index (χ3n) is 2.37. The van der Waals surface area contributed by atoms with E-state index in [1.807, 2.05) is 13.8 Å². The van der Waals surface area contributed by atoms with Gasteiger partial charge < -0.3 is 5.32 Å². The van der Waals surface area contributed by atoms with Gasteiger partial charge in [-0.15, -0.1) is 0 Å². The molecule has 1 amide bonds. The second-order valence-corrected chi connectivity index (χ2v) is 4.64. The van der Waals surface area contributed by atoms with Crippen LogP contribution in [0.4, 0.5) is 0 Å². The van der Waals surface area contributed by atoms with Crippen molar-refractivity contribution in [2.75, 3.05) is 0 Å². The van der Waals surface area contributed by atoms with Crippen molar-refractivity contribution in [3.05, 3.63) is 39.9 Å². The zero-order chi connectivity index (χ0) is 12.8. The second-order valence-electron chi connectivity index (χ2n) is 3.82. The van der Waals surface area contributed by atoms with E-state index in [1.165, 1.54) is 6.08 Å². The molecule has 1 rings (SSSR count). The molecule has 1 N–H and O–H groups in total. The van der Waals surface area contributed by atoms with Crippen LogP contribution in [0.25, 0.3) is 6.08 Å². The quantitative estimate of drug-likeness (QED) is 0.827. The van der Waals surface area contributed by atoms with Crippen LogP contribution in [0.3, 0.4) is 0 Å². The molecule has 0 aromatic heterocycles. The maximum absolute atomic E-state index is 11.5. The van der Waals surface area contributed by atoms with Crippen molar-refractivity contribution < 1.29 is 4.79 Å². The van der Waals surface area contributed by atoms with Crippen LogP contribution in [0.1, 0.15) is 25.8 Å². The largest absolute Gasteiger partial charge is 0.350 e. The number of hydrogen-bond donors (Lipinski definition) is 1. The number of hydrogen-bond acceptors (Lipinski definition) is 1. The fraction of sp³-hybridized carbons (Fsp3) is 0.308. The monoisotopic (exact) mass is 271 g/mol. The van der Waals surface area contributed by atoms with Crippen LogP contribution >= 0.6 is 23.2 Å². The highest BCUT2D eigenvalue weighted by Gasteiger charge is 2.01. The Bertz CT molecular complexity index is 429. The van der Waals surface area contributed by atoms with Gasteiger partial charge in [-0.05, 0) is 37.1 Å². The summed E-state index contributed by atoms with van der Waals surface area (Å²) in [6.07, 6.45) is 4.11. The van der Waals surface area contributed by atoms with E-state index in [4.69, 9.17) is 23.2 Å². The van der Waals surface area contributed by atoms with E-state index in [9.17, 15) is 4.79 Å². The highest BCUT2D eigenvalue weighted by molar-refractivity contribution is 6.42. The molecule has 0 aliphatic carbocycles. The van der Waals surface area contributed by atoms with Gasteiger partial charge in [0.05, 0.1) is 10.0 Å². The Morgan fingerprint density at radius 3 is 2.71 bits per heavy atom. The maximum atomic E-state index is 11.5. The van der Waals surface area contributed by atoms with E-state index >= 15 is 0 Å². The van der Waals surface area contributed by atoms with Crippen molar-refractivity contribution in [2.45, 2.75) is 26.3 Å². The molecule has 0 heterocycles. The molecule has 2 nitrogen and oxygen atoms in total. The molecule has 1 atom stereocenters. The van der Waals surface area contributed by atoms with Gasteiger partial charge in [0.2, 0.25) is 5.91 Å². The summed E-state index contributed by atoms with van der Waals surface area (Å²) in [5.41, 5.74) is 0.846. The SMILES string of the molecule is CC[C@@H](C)NC(=O)/C=C/c1ccc(Cl)c(Cl)c1. The molecule has 0 saturated carbocycles. The smallest absolute Gasteiger partial charge is 0.244 e. The van der Waals surface area contributed by atoms with Crippen molar-refractivity contribution >= 4 is 35.2 Å². The fourth-order valence-corrected chi connectivity index (χ4v) is 1.49. The highest BCUT2D eigenvalue weighted by atomic mass is 35.5. The Morgan fingerprint density at radius 1 is 1.41 bits per heavy atom. The first kappa shape index (κ1) is 14.1. The summed E-state index contributed by atoms with van der Waals surface area (Å²) >= 11 is 11.7. The van der Waals surface area contributed by atoms with Crippen molar-refractivity contribution in [3.63, 3.8) is 0 Å². The molecule has 4 heteroatoms. The first-order valence-electron chi connectivity index (χ1n) is 5.46. The molecular weight excluding hydrogens is 257 g/mol. The van der Waals surface area contributed by atoms with Crippen molar-refractivity contribution in [3.8, 4) is 0 Å². The second kappa shape index (κ2) is 6.67. The predicted molar refractivity (Wildman–Crippen MR) is 73.4 cm³/mol. The molecular formula is C13H15Cl2NO. The summed E-state index contributed by atoms with van der Waals surface area (Å²) in [5.74, 6) is -0.106. The van der Waals surface area contributed by atoms with Crippen LogP contribution in [0.2, 0.25) is 10.0 Å². The number of amides is 1. The maximum Gasteiger partial charge on any atom is 0.244 e. The van der Waals surface area contributed by atoms with Gasteiger partial charge in [-0.25, -0.2) is 0 Å². The summed E-state index contributed by atoms with van der Waals surface area (Å²) < 4.78 is 0. The van der Waals surface area contributed by atoms with Gasteiger partial charge in [0.15, 0.2) is 0 Å². The summed E-state index contributed by atoms with van der Waals surface area (Å²) in [7, 11) is 0. The Kier molecular flexibility index (Phi) is 5.52. The van der Waals surface area contributed by atoms with Gasteiger partial charge in [0, 0.05) is 12.1 Å². The van der Waals surface area contributed by atoms with Gasteiger partial charge in [-0.1, -0.05) is 36.2 Å². The summed E-state index contributed by atoms with van der Waals surface area (Å²) in [4.78, 5) is 11.5. The van der Waals surface area contributed by atoms with E-state index in [-0.39, 0.29) is 11.9 Å². The lowest BCUT2D eigenvalue weighted by Gasteiger charge is -2.08. The van der Waals surface area contributed by atoms with Crippen LogP contribution in [0.5, 0.6) is 0 Å². The van der Waals surface area contributed by atoms with E-state index < -0.39 is 0 Å². The Balaban J connectivity index is 2.64. The number of rotatable bonds is 4. The van der Waals surface area contributed by atoms with E-state index in [2.05, 4.69) is 5.32 Å². The first-order chi connectivity index (χ1) is 8.02. The summed E-state index contributed by atoms with van der Waals surface area (Å²) in [6.45, 7) is 3.98. The molecule has 0 bridgehead atoms. The lowest BCUT2D eigenvalue weighted by molar-refractivity contribution is -0.117. The first-order valence-corrected chi connectivity index (χ1v) is 6.22. The normalized spacial score (nSPS) is 12.7. The highest BCUT2D eigenvalue weighted by Crippen LogP contribution is 2.22. The lowest BCUT2D eigenvalue weighted by atomic mass is 10.2. The molecule has 0 saturated heterocycles. The molecule has 0 radical (unpaired) electrons. The van der Waals surface area contributed by atoms with Crippen LogP contribution in [-0.2, 0) is 4.79 Å². The molecule has 17 heavy (non-hydrogen) atoms. The minimum absolute atomic E-state index is 0.106. The number of carbonyl (C=O) groups excluding carboxylic acids is 1. The van der Waals surface area contributed by atoms with Gasteiger partial charge in [0.25, 0.3) is 0 Å². The molecule has 0 aliphatic heterocycles. The van der Waals surface area contributed by atoms with Crippen LogP contribution in [0, 0.1) is 0 Å². The lowest BCUT2D eigenvalue weighted by Crippen LogP contribution is -2.30. The van der Waals surface area contributed by atoms with Crippen molar-refractivity contribution in [1.82, 2.24) is 5.32 Å². The van der Waals surface area contributed by atoms with Crippen LogP contribution < -0.4 is 5.32 Å². The van der Waals surface area contributed by atoms with Crippen molar-refractivity contribution in [2.24, 2.45) is 0 Å². The minimum Gasteiger partial charge on any atom is -0.350 e. The Hall–Kier alpha value is -0.990. The van der Waals surface area contributed by atoms with E-state index in [0.717, 1.165) is 12.0 Å². The van der Waals surface area contributed by atoms with Crippen LogP contribution in [0.15, 0.2) is 24.3 Å². The minimum atomic E-state index is -0.106. The zero-order valence-electron chi connectivity index (χ0n) is 9.84. The zero-order valence-corrected chi connectivity index (χ0v) is 11.3. The van der Waals surface area contributed by atoms with Gasteiger partial charge >= 0.3 is 0 Å². The average Bonchev–Trinajstić information content (AvgIpc) is 2.30. The predicted octanol–water partition coefficient (Wildman–Crippen LogP) is 3.92. The standard InChI is InChI=1S/C13H15Cl2NO/c1-3-9(2)16-13(17)7-5-10-4-6-11(14)12(15)8-10/h4-9H,3H2,1-2H3,(H,16,17)/b7-5+/t9-/m1/s1. The Morgan fingerprint density at radius 2 is 2.12 bits per heavy atom. The van der Waals surface area contributed by atoms with Gasteiger partial charge in [-0.3, -0.25) is 4.79 Å². The fourth-order valence-electron chi connectivity index (χ4n) is 1.18. The number of benzene rings is 1. The van der Waals surface area contributed by atoms with Crippen LogP contribution in [-0.4, -0.2) is 11.9 Å². The average molecular weight is 272 g/mol. The third-order valence-corrected chi connectivity index (χ3v) is 3.11. The molecule has 1 aromatic carbocycles. The van der Waals surface area contributed by atoms with E-state index in [0.29, 0.717) is 10.0 Å². The third kappa shape index (κ3) is 4.80. The van der Waals surface area contributed by atoms with Crippen molar-refractivity contribution in [1.29, 1.82) is 0 Å². The number of halogens is 2. The van der Waals surface area contributed by atoms with Gasteiger partial charge in [0.1, 0.15) is 0 Å². The molecule has 0 fully saturated rings. The van der Waals surface area contributed by atoms with E-state index in [1.54, 1.807) is 24.3 Å². The number of nitrogens with one attached hydrogen (secondary N) is 1. The molecule has 92 valence electrons. The molecule has 0 unspecified atom stereocenters. The summed E-state index contributed by atoms with van der Waals surface area (Å²) in [5, 5.41) is 3.83.